The molecular formula is C20H24N4O3. The Bertz CT molecular complexity index is 824. The van der Waals surface area contributed by atoms with Crippen molar-refractivity contribution in [2.24, 2.45) is 5.73 Å². The Balaban J connectivity index is 1.54. The van der Waals surface area contributed by atoms with Crippen LogP contribution in [0, 0.1) is 6.92 Å². The molecule has 142 valence electrons. The number of nitrogens with two attached hydrogens (primary N) is 1. The van der Waals surface area contributed by atoms with Gasteiger partial charge in [-0.1, -0.05) is 35.9 Å². The second kappa shape index (κ2) is 7.56. The number of aryl methyl sites for hydroxylation is 1. The van der Waals surface area contributed by atoms with Gasteiger partial charge in [0.25, 0.3) is 0 Å². The lowest BCUT2D eigenvalue weighted by Gasteiger charge is -2.26. The Morgan fingerprint density at radius 2 is 1.78 bits per heavy atom. The molecule has 2 atom stereocenters. The number of rotatable bonds is 5. The lowest BCUT2D eigenvalue weighted by Crippen LogP contribution is -2.45. The number of ether oxygens (including phenoxy) is 2. The minimum Gasteiger partial charge on any atom is -0.454 e. The van der Waals surface area contributed by atoms with Crippen molar-refractivity contribution in [2.75, 3.05) is 6.79 Å². The van der Waals surface area contributed by atoms with Crippen LogP contribution in [0.3, 0.4) is 0 Å². The van der Waals surface area contributed by atoms with Crippen LogP contribution in [0.25, 0.3) is 0 Å². The van der Waals surface area contributed by atoms with E-state index in [-0.39, 0.29) is 24.9 Å². The average molecular weight is 368 g/mol. The molecule has 2 aromatic rings. The average Bonchev–Trinajstić information content (AvgIpc) is 3.30. The first-order chi connectivity index (χ1) is 13.1. The highest BCUT2D eigenvalue weighted by Gasteiger charge is 2.31. The third-order valence-electron chi connectivity index (χ3n) is 4.85. The fourth-order valence-corrected chi connectivity index (χ4v) is 3.35. The van der Waals surface area contributed by atoms with Gasteiger partial charge < -0.3 is 20.1 Å². The van der Waals surface area contributed by atoms with Gasteiger partial charge in [-0.2, -0.15) is 0 Å². The molecular weight excluding hydrogens is 344 g/mol. The van der Waals surface area contributed by atoms with Gasteiger partial charge in [0.05, 0.1) is 6.17 Å². The van der Waals surface area contributed by atoms with Gasteiger partial charge in [-0.15, -0.1) is 0 Å². The number of carbonyl (C=O) groups is 1. The summed E-state index contributed by atoms with van der Waals surface area (Å²) in [5, 5.41) is 0. The molecule has 1 saturated heterocycles. The van der Waals surface area contributed by atoms with Crippen molar-refractivity contribution in [1.82, 2.24) is 15.8 Å². The molecule has 2 unspecified atom stereocenters. The molecule has 2 heterocycles. The highest BCUT2D eigenvalue weighted by molar-refractivity contribution is 5.82. The first-order valence-corrected chi connectivity index (χ1v) is 9.08. The summed E-state index contributed by atoms with van der Waals surface area (Å²) in [5.41, 5.74) is 15.1. The third kappa shape index (κ3) is 4.05. The van der Waals surface area contributed by atoms with Crippen molar-refractivity contribution >= 4 is 5.91 Å². The standard InChI is InChI=1S/C20H24N4O3/c1-13-2-4-14(5-3-13)10-24(20(25)16-9-19(21)23-22-16)11-15-6-7-17-18(8-15)27-12-26-17/h2-8,16,19,22-23H,9-12,21H2,1H3. The zero-order chi connectivity index (χ0) is 18.8. The van der Waals surface area contributed by atoms with Crippen molar-refractivity contribution in [3.8, 4) is 11.5 Å². The first kappa shape index (κ1) is 17.8. The fraction of sp³-hybridized carbons (Fsp3) is 0.350. The van der Waals surface area contributed by atoms with Crippen LogP contribution >= 0.6 is 0 Å². The molecule has 1 fully saturated rings. The van der Waals surface area contributed by atoms with E-state index in [9.17, 15) is 4.79 Å². The minimum atomic E-state index is -0.334. The second-order valence-corrected chi connectivity index (χ2v) is 7.05. The van der Waals surface area contributed by atoms with Gasteiger partial charge in [-0.3, -0.25) is 4.79 Å². The number of amides is 1. The van der Waals surface area contributed by atoms with Gasteiger partial charge in [0.15, 0.2) is 11.5 Å². The Labute approximate surface area is 158 Å². The van der Waals surface area contributed by atoms with Gasteiger partial charge in [0.1, 0.15) is 6.04 Å². The topological polar surface area (TPSA) is 88.9 Å². The predicted octanol–water partition coefficient (Wildman–Crippen LogP) is 1.40. The maximum atomic E-state index is 13.1. The molecule has 4 N–H and O–H groups in total. The van der Waals surface area contributed by atoms with E-state index in [1.54, 1.807) is 0 Å². The zero-order valence-corrected chi connectivity index (χ0v) is 15.3. The smallest absolute Gasteiger partial charge is 0.241 e. The van der Waals surface area contributed by atoms with Crippen molar-refractivity contribution in [3.63, 3.8) is 0 Å². The summed E-state index contributed by atoms with van der Waals surface area (Å²) < 4.78 is 10.8. The molecule has 0 saturated carbocycles. The van der Waals surface area contributed by atoms with Crippen LogP contribution in [0.5, 0.6) is 11.5 Å². The van der Waals surface area contributed by atoms with Gasteiger partial charge in [0, 0.05) is 19.5 Å². The van der Waals surface area contributed by atoms with E-state index in [4.69, 9.17) is 15.2 Å². The Morgan fingerprint density at radius 1 is 1.07 bits per heavy atom. The third-order valence-corrected chi connectivity index (χ3v) is 4.85. The quantitative estimate of drug-likeness (QED) is 0.739. The van der Waals surface area contributed by atoms with Crippen LogP contribution in [0.4, 0.5) is 0 Å². The van der Waals surface area contributed by atoms with Crippen molar-refractivity contribution in [3.05, 3.63) is 59.2 Å². The zero-order valence-electron chi connectivity index (χ0n) is 15.3. The van der Waals surface area contributed by atoms with E-state index in [0.29, 0.717) is 19.5 Å². The van der Waals surface area contributed by atoms with Gasteiger partial charge in [0.2, 0.25) is 12.7 Å². The van der Waals surface area contributed by atoms with Crippen molar-refractivity contribution in [1.29, 1.82) is 0 Å². The SMILES string of the molecule is Cc1ccc(CN(Cc2ccc3c(c2)OCO3)C(=O)C2CC(N)NN2)cc1. The van der Waals surface area contributed by atoms with Crippen molar-refractivity contribution < 1.29 is 14.3 Å². The highest BCUT2D eigenvalue weighted by atomic mass is 16.7. The Kier molecular flexibility index (Phi) is 4.98. The summed E-state index contributed by atoms with van der Waals surface area (Å²) in [6.45, 7) is 3.30. The van der Waals surface area contributed by atoms with Crippen LogP contribution in [0.2, 0.25) is 0 Å². The van der Waals surface area contributed by atoms with Gasteiger partial charge in [-0.05, 0) is 30.2 Å². The number of hydrogen-bond acceptors (Lipinski definition) is 6. The predicted molar refractivity (Wildman–Crippen MR) is 101 cm³/mol. The van der Waals surface area contributed by atoms with Crippen LogP contribution in [-0.2, 0) is 17.9 Å². The number of hydrazine groups is 1. The summed E-state index contributed by atoms with van der Waals surface area (Å²) in [5.74, 6) is 1.48. The molecule has 7 heteroatoms. The molecule has 1 amide bonds. The lowest BCUT2D eigenvalue weighted by atomic mass is 10.1. The molecule has 0 spiro atoms. The minimum absolute atomic E-state index is 0.0219. The maximum Gasteiger partial charge on any atom is 0.241 e. The van der Waals surface area contributed by atoms with E-state index in [1.165, 1.54) is 5.56 Å². The monoisotopic (exact) mass is 368 g/mol. The van der Waals surface area contributed by atoms with E-state index in [1.807, 2.05) is 23.1 Å². The molecule has 7 nitrogen and oxygen atoms in total. The van der Waals surface area contributed by atoms with Crippen LogP contribution < -0.4 is 26.1 Å². The number of nitrogens with one attached hydrogen (secondary N) is 2. The molecule has 27 heavy (non-hydrogen) atoms. The first-order valence-electron chi connectivity index (χ1n) is 9.08. The van der Waals surface area contributed by atoms with E-state index in [0.717, 1.165) is 22.6 Å². The van der Waals surface area contributed by atoms with E-state index in [2.05, 4.69) is 42.0 Å². The number of nitrogens with zero attached hydrogens (tertiary/aromatic N) is 1. The summed E-state index contributed by atoms with van der Waals surface area (Å²) in [4.78, 5) is 15.0. The normalized spacial score (nSPS) is 20.7. The molecule has 0 bridgehead atoms. The number of benzene rings is 2. The van der Waals surface area contributed by atoms with Crippen LogP contribution in [0.15, 0.2) is 42.5 Å². The maximum absolute atomic E-state index is 13.1. The second-order valence-electron chi connectivity index (χ2n) is 7.05. The fourth-order valence-electron chi connectivity index (χ4n) is 3.35. The van der Waals surface area contributed by atoms with E-state index < -0.39 is 0 Å². The summed E-state index contributed by atoms with van der Waals surface area (Å²) in [6, 6.07) is 13.7. The highest BCUT2D eigenvalue weighted by Crippen LogP contribution is 2.33. The van der Waals surface area contributed by atoms with Gasteiger partial charge in [-0.25, -0.2) is 10.9 Å². The largest absolute Gasteiger partial charge is 0.454 e. The molecule has 0 radical (unpaired) electrons. The summed E-state index contributed by atoms with van der Waals surface area (Å²) >= 11 is 0. The molecule has 2 aliphatic heterocycles. The number of carbonyl (C=O) groups excluding carboxylic acids is 1. The Hall–Kier alpha value is -2.61. The summed E-state index contributed by atoms with van der Waals surface area (Å²) in [6.07, 6.45) is 0.343. The van der Waals surface area contributed by atoms with Gasteiger partial charge >= 0.3 is 0 Å². The van der Waals surface area contributed by atoms with E-state index >= 15 is 0 Å². The van der Waals surface area contributed by atoms with Crippen LogP contribution in [-0.4, -0.2) is 29.8 Å². The molecule has 4 rings (SSSR count). The molecule has 2 aromatic carbocycles. The summed E-state index contributed by atoms with van der Waals surface area (Å²) in [7, 11) is 0. The number of hydrogen-bond donors (Lipinski definition) is 3. The van der Waals surface area contributed by atoms with Crippen LogP contribution in [0.1, 0.15) is 23.1 Å². The molecule has 2 aliphatic rings. The molecule has 0 aliphatic carbocycles. The lowest BCUT2D eigenvalue weighted by molar-refractivity contribution is -0.134. The Morgan fingerprint density at radius 3 is 2.52 bits per heavy atom. The van der Waals surface area contributed by atoms with Crippen molar-refractivity contribution in [2.45, 2.75) is 38.6 Å². The number of fused-ring (bicyclic) bond motifs is 1. The molecule has 0 aromatic heterocycles.